The van der Waals surface area contributed by atoms with Crippen LogP contribution in [0.3, 0.4) is 0 Å². The van der Waals surface area contributed by atoms with Crippen molar-refractivity contribution in [2.24, 2.45) is 0 Å². The fourth-order valence-electron chi connectivity index (χ4n) is 2.89. The molecule has 158 valence electrons. The second-order valence-electron chi connectivity index (χ2n) is 6.82. The van der Waals surface area contributed by atoms with Gasteiger partial charge in [-0.15, -0.1) is 0 Å². The minimum atomic E-state index is -0.237. The fourth-order valence-corrected chi connectivity index (χ4v) is 3.61. The van der Waals surface area contributed by atoms with Gasteiger partial charge in [-0.1, -0.05) is 38.0 Å². The van der Waals surface area contributed by atoms with E-state index in [-0.39, 0.29) is 24.4 Å². The predicted molar refractivity (Wildman–Crippen MR) is 120 cm³/mol. The first kappa shape index (κ1) is 21.6. The van der Waals surface area contributed by atoms with E-state index in [1.54, 1.807) is 0 Å². The number of aliphatic hydroxyl groups excluding tert-OH is 1. The maximum Gasteiger partial charge on any atom is 0.236 e. The summed E-state index contributed by atoms with van der Waals surface area (Å²) in [6.45, 7) is 2.00. The zero-order chi connectivity index (χ0) is 21.3. The summed E-state index contributed by atoms with van der Waals surface area (Å²) >= 11 is 1.07. The van der Waals surface area contributed by atoms with Crippen molar-refractivity contribution in [3.8, 4) is 17.4 Å². The highest BCUT2D eigenvalue weighted by atomic mass is 32.1. The Morgan fingerprint density at radius 2 is 1.83 bits per heavy atom. The van der Waals surface area contributed by atoms with Gasteiger partial charge in [-0.25, -0.2) is 0 Å². The van der Waals surface area contributed by atoms with Crippen molar-refractivity contribution in [3.05, 3.63) is 60.2 Å². The van der Waals surface area contributed by atoms with Crippen LogP contribution < -0.4 is 15.4 Å². The van der Waals surface area contributed by atoms with E-state index in [9.17, 15) is 10.2 Å². The molecule has 3 rings (SSSR count). The maximum absolute atomic E-state index is 10.1. The van der Waals surface area contributed by atoms with Crippen LogP contribution in [-0.2, 0) is 0 Å². The Morgan fingerprint density at radius 1 is 1.13 bits per heavy atom. The molecule has 1 atom stereocenters. The van der Waals surface area contributed by atoms with E-state index in [4.69, 9.17) is 10.1 Å². The monoisotopic (exact) mass is 426 g/mol. The van der Waals surface area contributed by atoms with E-state index < -0.39 is 0 Å². The van der Waals surface area contributed by atoms with E-state index in [1.807, 2.05) is 54.6 Å². The molecule has 3 aromatic rings. The summed E-state index contributed by atoms with van der Waals surface area (Å²) in [4.78, 5) is 0. The third kappa shape index (κ3) is 5.71. The van der Waals surface area contributed by atoms with Gasteiger partial charge in [0.2, 0.25) is 5.88 Å². The number of benzene rings is 2. The van der Waals surface area contributed by atoms with E-state index in [1.165, 1.54) is 0 Å². The zero-order valence-corrected chi connectivity index (χ0v) is 17.6. The number of nitrogens with zero attached hydrogens (tertiary/aromatic N) is 1. The molecule has 0 aliphatic rings. The first-order valence-corrected chi connectivity index (χ1v) is 10.6. The SMILES string of the molecule is CCCCC(CO)NC(=N)c1c(O)nsc1Nc1ccc(Oc2ccccc2)cc1. The van der Waals surface area contributed by atoms with Crippen LogP contribution in [0.1, 0.15) is 31.7 Å². The van der Waals surface area contributed by atoms with Gasteiger partial charge in [0.25, 0.3) is 0 Å². The molecule has 0 fully saturated rings. The highest BCUT2D eigenvalue weighted by Gasteiger charge is 2.20. The van der Waals surface area contributed by atoms with E-state index >= 15 is 0 Å². The standard InChI is InChI=1S/C22H26N4O3S/c1-2-3-7-16(14-27)24-20(23)19-21(28)26-30-22(19)25-15-10-12-18(13-11-15)29-17-8-5-4-6-9-17/h4-6,8-13,16,25,27H,2-3,7,14H2,1H3,(H2,23,24)(H,26,28). The molecule has 0 bridgehead atoms. The molecule has 1 aromatic heterocycles. The number of aromatic nitrogens is 1. The number of amidine groups is 1. The second kappa shape index (κ2) is 10.6. The highest BCUT2D eigenvalue weighted by molar-refractivity contribution is 7.11. The Labute approximate surface area is 180 Å². The summed E-state index contributed by atoms with van der Waals surface area (Å²) in [6, 6.07) is 16.7. The van der Waals surface area contributed by atoms with E-state index in [0.29, 0.717) is 16.3 Å². The van der Waals surface area contributed by atoms with Crippen LogP contribution in [0.2, 0.25) is 0 Å². The smallest absolute Gasteiger partial charge is 0.236 e. The molecule has 0 saturated carbocycles. The lowest BCUT2D eigenvalue weighted by Gasteiger charge is -2.18. The van der Waals surface area contributed by atoms with E-state index in [0.717, 1.165) is 42.2 Å². The highest BCUT2D eigenvalue weighted by Crippen LogP contribution is 2.33. The fraction of sp³-hybridized carbons (Fsp3) is 0.273. The number of para-hydroxylation sites is 1. The molecule has 7 nitrogen and oxygen atoms in total. The Balaban J connectivity index is 1.68. The number of hydrogen-bond acceptors (Lipinski definition) is 7. The molecule has 0 saturated heterocycles. The molecular weight excluding hydrogens is 400 g/mol. The molecule has 0 aliphatic heterocycles. The molecule has 2 aromatic carbocycles. The van der Waals surface area contributed by atoms with Crippen LogP contribution in [0.5, 0.6) is 17.4 Å². The van der Waals surface area contributed by atoms with Crippen molar-refractivity contribution < 1.29 is 14.9 Å². The van der Waals surface area contributed by atoms with Crippen molar-refractivity contribution >= 4 is 28.1 Å². The van der Waals surface area contributed by atoms with Crippen molar-refractivity contribution in [1.82, 2.24) is 9.69 Å². The van der Waals surface area contributed by atoms with Gasteiger partial charge in [0.15, 0.2) is 0 Å². The minimum Gasteiger partial charge on any atom is -0.492 e. The summed E-state index contributed by atoms with van der Waals surface area (Å²) in [5.74, 6) is 1.28. The van der Waals surface area contributed by atoms with Gasteiger partial charge in [-0.05, 0) is 54.4 Å². The van der Waals surface area contributed by atoms with Crippen molar-refractivity contribution in [2.45, 2.75) is 32.2 Å². The number of aliphatic hydroxyl groups is 1. The van der Waals surface area contributed by atoms with Gasteiger partial charge in [0.05, 0.1) is 12.6 Å². The number of hydrogen-bond donors (Lipinski definition) is 5. The van der Waals surface area contributed by atoms with Crippen LogP contribution in [0.15, 0.2) is 54.6 Å². The average molecular weight is 427 g/mol. The third-order valence-corrected chi connectivity index (χ3v) is 5.24. The molecular formula is C22H26N4O3S. The van der Waals surface area contributed by atoms with E-state index in [2.05, 4.69) is 21.9 Å². The molecule has 30 heavy (non-hydrogen) atoms. The molecule has 0 spiro atoms. The molecule has 0 radical (unpaired) electrons. The first-order chi connectivity index (χ1) is 14.6. The van der Waals surface area contributed by atoms with Gasteiger partial charge >= 0.3 is 0 Å². The molecule has 0 aliphatic carbocycles. The zero-order valence-electron chi connectivity index (χ0n) is 16.8. The molecule has 1 unspecified atom stereocenters. The Kier molecular flexibility index (Phi) is 7.64. The van der Waals surface area contributed by atoms with Crippen LogP contribution in [0.4, 0.5) is 10.7 Å². The molecule has 0 amide bonds. The molecule has 8 heteroatoms. The first-order valence-electron chi connectivity index (χ1n) is 9.85. The van der Waals surface area contributed by atoms with Crippen molar-refractivity contribution in [1.29, 1.82) is 5.41 Å². The normalized spacial score (nSPS) is 11.7. The number of ether oxygens (including phenoxy) is 1. The number of aromatic hydroxyl groups is 1. The molecule has 1 heterocycles. The number of nitrogens with one attached hydrogen (secondary N) is 3. The second-order valence-corrected chi connectivity index (χ2v) is 7.59. The van der Waals surface area contributed by atoms with Crippen molar-refractivity contribution in [3.63, 3.8) is 0 Å². The summed E-state index contributed by atoms with van der Waals surface area (Å²) in [5.41, 5.74) is 1.07. The Hall–Kier alpha value is -3.10. The van der Waals surface area contributed by atoms with Gasteiger partial charge in [-0.2, -0.15) is 4.37 Å². The summed E-state index contributed by atoms with van der Waals surface area (Å²) in [5, 5.41) is 34.8. The lowest BCUT2D eigenvalue weighted by Crippen LogP contribution is -2.37. The lowest BCUT2D eigenvalue weighted by atomic mass is 10.1. The predicted octanol–water partition coefficient (Wildman–Crippen LogP) is 4.85. The largest absolute Gasteiger partial charge is 0.492 e. The molecule has 5 N–H and O–H groups in total. The summed E-state index contributed by atoms with van der Waals surface area (Å²) in [7, 11) is 0. The Bertz CT molecular complexity index is 945. The minimum absolute atomic E-state index is 0.0305. The van der Waals surface area contributed by atoms with Crippen LogP contribution in [-0.4, -0.2) is 33.1 Å². The van der Waals surface area contributed by atoms with Gasteiger partial charge in [0.1, 0.15) is 27.9 Å². The lowest BCUT2D eigenvalue weighted by molar-refractivity contribution is 0.247. The maximum atomic E-state index is 10.1. The Morgan fingerprint density at radius 3 is 2.50 bits per heavy atom. The van der Waals surface area contributed by atoms with Gasteiger partial charge in [-0.3, -0.25) is 5.41 Å². The third-order valence-electron chi connectivity index (χ3n) is 4.49. The van der Waals surface area contributed by atoms with Crippen LogP contribution >= 0.6 is 11.5 Å². The quantitative estimate of drug-likeness (QED) is 0.234. The average Bonchev–Trinajstić information content (AvgIpc) is 3.13. The van der Waals surface area contributed by atoms with Gasteiger partial charge in [0, 0.05) is 5.69 Å². The van der Waals surface area contributed by atoms with Gasteiger partial charge < -0.3 is 25.6 Å². The van der Waals surface area contributed by atoms with Crippen LogP contribution in [0.25, 0.3) is 0 Å². The number of unbranched alkanes of at least 4 members (excludes halogenated alkanes) is 1. The van der Waals surface area contributed by atoms with Crippen LogP contribution in [0, 0.1) is 5.41 Å². The number of rotatable bonds is 10. The summed E-state index contributed by atoms with van der Waals surface area (Å²) in [6.07, 6.45) is 2.70. The van der Waals surface area contributed by atoms with Crippen molar-refractivity contribution in [2.75, 3.05) is 11.9 Å². The number of anilines is 2. The topological polar surface area (TPSA) is 110 Å². The summed E-state index contributed by atoms with van der Waals surface area (Å²) < 4.78 is 9.76.